The van der Waals surface area contributed by atoms with Gasteiger partial charge in [0.1, 0.15) is 12.7 Å². The van der Waals surface area contributed by atoms with Crippen LogP contribution < -0.4 is 10.9 Å². The molecule has 0 aliphatic rings. The van der Waals surface area contributed by atoms with E-state index < -0.39 is 0 Å². The highest BCUT2D eigenvalue weighted by molar-refractivity contribution is 5.82. The Hall–Kier alpha value is -2.96. The molecule has 2 N–H and O–H groups in total. The van der Waals surface area contributed by atoms with E-state index in [2.05, 4.69) is 37.6 Å². The van der Waals surface area contributed by atoms with Gasteiger partial charge in [0, 0.05) is 13.3 Å². The Labute approximate surface area is 115 Å². The zero-order chi connectivity index (χ0) is 13.8. The second-order valence-corrected chi connectivity index (χ2v) is 4.11. The third-order valence-corrected chi connectivity index (χ3v) is 2.81. The van der Waals surface area contributed by atoms with Gasteiger partial charge in [-0.3, -0.25) is 0 Å². The fourth-order valence-corrected chi connectivity index (χ4v) is 1.90. The highest BCUT2D eigenvalue weighted by Crippen LogP contribution is 2.17. The molecular formula is C13H13N7. The number of fused-ring (bicyclic) bond motifs is 1. The maximum absolute atomic E-state index is 4.27. The average Bonchev–Trinajstić information content (AvgIpc) is 2.91. The topological polar surface area (TPSA) is 80.0 Å². The summed E-state index contributed by atoms with van der Waals surface area (Å²) in [5, 5.41) is 6.85. The van der Waals surface area contributed by atoms with E-state index in [4.69, 9.17) is 0 Å². The minimum Gasteiger partial charge on any atom is -0.364 e. The van der Waals surface area contributed by atoms with Crippen LogP contribution in [0, 0.1) is 0 Å². The van der Waals surface area contributed by atoms with E-state index in [9.17, 15) is 0 Å². The molecule has 0 spiro atoms. The summed E-state index contributed by atoms with van der Waals surface area (Å²) in [6.07, 6.45) is 3.07. The van der Waals surface area contributed by atoms with Gasteiger partial charge in [0.25, 0.3) is 0 Å². The smallest absolute Gasteiger partial charge is 0.185 e. The first-order valence-electron chi connectivity index (χ1n) is 6.06. The van der Waals surface area contributed by atoms with Crippen molar-refractivity contribution in [3.63, 3.8) is 0 Å². The molecule has 2 aromatic heterocycles. The number of nitrogens with zero attached hydrogens (tertiary/aromatic N) is 5. The van der Waals surface area contributed by atoms with E-state index in [1.165, 1.54) is 11.9 Å². The van der Waals surface area contributed by atoms with Gasteiger partial charge in [-0.2, -0.15) is 5.10 Å². The lowest BCUT2D eigenvalue weighted by atomic mass is 10.2. The molecule has 3 aromatic rings. The van der Waals surface area contributed by atoms with Gasteiger partial charge >= 0.3 is 0 Å². The van der Waals surface area contributed by atoms with E-state index in [0.717, 1.165) is 0 Å². The number of rotatable bonds is 5. The fraction of sp³-hybridized carbons (Fsp3) is 0.0769. The van der Waals surface area contributed by atoms with Crippen LogP contribution in [0.5, 0.6) is 0 Å². The molecule has 0 unspecified atom stereocenters. The lowest BCUT2D eigenvalue weighted by Crippen LogP contribution is -2.07. The number of hydrazone groups is 1. The molecule has 100 valence electrons. The quantitative estimate of drug-likeness (QED) is 0.542. The van der Waals surface area contributed by atoms with Gasteiger partial charge in [-0.1, -0.05) is 30.3 Å². The third kappa shape index (κ3) is 2.28. The highest BCUT2D eigenvalue weighted by Gasteiger charge is 2.09. The molecule has 0 amide bonds. The molecule has 2 heterocycles. The van der Waals surface area contributed by atoms with Crippen LogP contribution in [0.2, 0.25) is 0 Å². The van der Waals surface area contributed by atoms with Gasteiger partial charge < -0.3 is 5.32 Å². The summed E-state index contributed by atoms with van der Waals surface area (Å²) in [5.41, 5.74) is 5.17. The molecule has 0 atom stereocenters. The van der Waals surface area contributed by atoms with Gasteiger partial charge in [0.15, 0.2) is 17.0 Å². The largest absolute Gasteiger partial charge is 0.364 e. The standard InChI is InChI=1S/C13H13N7/c1-14-19-20-9-18-11-12(16-8-17-13(11)20)15-7-10-5-3-2-4-6-10/h2-6,8-9,19H,1,7H2,(H,15,16,17). The molecule has 0 aliphatic carbocycles. The number of anilines is 1. The number of benzene rings is 1. The lowest BCUT2D eigenvalue weighted by molar-refractivity contribution is 0.897. The summed E-state index contributed by atoms with van der Waals surface area (Å²) in [4.78, 5) is 12.7. The number of hydrogen-bond donors (Lipinski definition) is 2. The molecule has 0 fully saturated rings. The first-order chi connectivity index (χ1) is 9.88. The number of nitrogens with one attached hydrogen (secondary N) is 2. The molecule has 7 heteroatoms. The Morgan fingerprint density at radius 3 is 2.80 bits per heavy atom. The zero-order valence-electron chi connectivity index (χ0n) is 10.7. The van der Waals surface area contributed by atoms with Crippen LogP contribution in [0.3, 0.4) is 0 Å². The van der Waals surface area contributed by atoms with Crippen molar-refractivity contribution in [2.24, 2.45) is 5.10 Å². The molecule has 0 aliphatic heterocycles. The summed E-state index contributed by atoms with van der Waals surface area (Å²) < 4.78 is 1.58. The first-order valence-corrected chi connectivity index (χ1v) is 6.06. The first kappa shape index (κ1) is 12.1. The van der Waals surface area contributed by atoms with Gasteiger partial charge in [0.2, 0.25) is 0 Å². The SMILES string of the molecule is C=NNn1cnc2c(NCc3ccccc3)ncnc21. The van der Waals surface area contributed by atoms with E-state index >= 15 is 0 Å². The van der Waals surface area contributed by atoms with Crippen molar-refractivity contribution in [2.75, 3.05) is 10.9 Å². The van der Waals surface area contributed by atoms with Crippen molar-refractivity contribution in [3.8, 4) is 0 Å². The second kappa shape index (κ2) is 5.35. The van der Waals surface area contributed by atoms with E-state index in [1.54, 1.807) is 11.0 Å². The Bertz CT molecular complexity index is 720. The van der Waals surface area contributed by atoms with Crippen molar-refractivity contribution < 1.29 is 0 Å². The highest BCUT2D eigenvalue weighted by atomic mass is 15.6. The summed E-state index contributed by atoms with van der Waals surface area (Å²) in [6.45, 7) is 4.05. The average molecular weight is 267 g/mol. The van der Waals surface area contributed by atoms with Crippen molar-refractivity contribution >= 4 is 23.7 Å². The number of aromatic nitrogens is 4. The predicted octanol–water partition coefficient (Wildman–Crippen LogP) is 1.60. The molecule has 3 rings (SSSR count). The van der Waals surface area contributed by atoms with E-state index in [1.807, 2.05) is 30.3 Å². The van der Waals surface area contributed by atoms with E-state index in [0.29, 0.717) is 23.5 Å². The molecule has 1 aromatic carbocycles. The molecule has 0 saturated carbocycles. The maximum atomic E-state index is 4.27. The van der Waals surface area contributed by atoms with Gasteiger partial charge in [-0.25, -0.2) is 25.2 Å². The summed E-state index contributed by atoms with van der Waals surface area (Å²) in [7, 11) is 0. The van der Waals surface area contributed by atoms with Crippen molar-refractivity contribution in [1.82, 2.24) is 19.6 Å². The summed E-state index contributed by atoms with van der Waals surface area (Å²) >= 11 is 0. The molecule has 7 nitrogen and oxygen atoms in total. The van der Waals surface area contributed by atoms with Crippen LogP contribution in [0.25, 0.3) is 11.2 Å². The molecule has 0 saturated heterocycles. The Morgan fingerprint density at radius 1 is 1.15 bits per heavy atom. The van der Waals surface area contributed by atoms with Crippen molar-refractivity contribution in [3.05, 3.63) is 48.5 Å². The Balaban J connectivity index is 1.86. The van der Waals surface area contributed by atoms with Crippen LogP contribution in [-0.4, -0.2) is 26.3 Å². The van der Waals surface area contributed by atoms with Crippen LogP contribution in [0.4, 0.5) is 5.82 Å². The van der Waals surface area contributed by atoms with Crippen molar-refractivity contribution in [1.29, 1.82) is 0 Å². The van der Waals surface area contributed by atoms with Crippen LogP contribution in [0.1, 0.15) is 5.56 Å². The fourth-order valence-electron chi connectivity index (χ4n) is 1.90. The monoisotopic (exact) mass is 267 g/mol. The van der Waals surface area contributed by atoms with Gasteiger partial charge in [-0.05, 0) is 5.56 Å². The minimum atomic E-state index is 0.642. The normalized spacial score (nSPS) is 10.4. The summed E-state index contributed by atoms with van der Waals surface area (Å²) in [6, 6.07) is 10.1. The molecule has 20 heavy (non-hydrogen) atoms. The summed E-state index contributed by atoms with van der Waals surface area (Å²) in [5.74, 6) is 0.684. The molecule has 0 radical (unpaired) electrons. The number of imidazole rings is 1. The zero-order valence-corrected chi connectivity index (χ0v) is 10.7. The van der Waals surface area contributed by atoms with Gasteiger partial charge in [-0.15, -0.1) is 0 Å². The molecule has 0 bridgehead atoms. The van der Waals surface area contributed by atoms with Gasteiger partial charge in [0.05, 0.1) is 0 Å². The number of hydrogen-bond acceptors (Lipinski definition) is 6. The van der Waals surface area contributed by atoms with Crippen LogP contribution in [-0.2, 0) is 6.54 Å². The Kier molecular flexibility index (Phi) is 3.24. The third-order valence-electron chi connectivity index (χ3n) is 2.81. The van der Waals surface area contributed by atoms with E-state index in [-0.39, 0.29) is 0 Å². The minimum absolute atomic E-state index is 0.642. The van der Waals surface area contributed by atoms with Crippen molar-refractivity contribution in [2.45, 2.75) is 6.54 Å². The van der Waals surface area contributed by atoms with Crippen LogP contribution >= 0.6 is 0 Å². The predicted molar refractivity (Wildman–Crippen MR) is 78.0 cm³/mol. The lowest BCUT2D eigenvalue weighted by Gasteiger charge is -2.06. The Morgan fingerprint density at radius 2 is 2.00 bits per heavy atom. The second-order valence-electron chi connectivity index (χ2n) is 4.11. The van der Waals surface area contributed by atoms with Crippen LogP contribution in [0.15, 0.2) is 48.1 Å². The molecular weight excluding hydrogens is 254 g/mol. The maximum Gasteiger partial charge on any atom is 0.185 e.